The molecule has 0 radical (unpaired) electrons. The van der Waals surface area contributed by atoms with E-state index in [1.165, 1.54) is 28.2 Å². The average molecular weight is 465 g/mol. The Bertz CT molecular complexity index is 1060. The Morgan fingerprint density at radius 2 is 1.94 bits per heavy atom. The van der Waals surface area contributed by atoms with E-state index >= 15 is 0 Å². The van der Waals surface area contributed by atoms with Crippen LogP contribution in [0, 0.1) is 0 Å². The fraction of sp³-hybridized carbons (Fsp3) is 0.381. The summed E-state index contributed by atoms with van der Waals surface area (Å²) in [5.41, 5.74) is -0.604. The van der Waals surface area contributed by atoms with E-state index in [9.17, 15) is 18.0 Å². The van der Waals surface area contributed by atoms with Gasteiger partial charge in [-0.1, -0.05) is 12.1 Å². The number of nitrogens with zero attached hydrogens (tertiary/aromatic N) is 5. The number of likely N-dealkylation sites (N-methyl/N-ethyl adjacent to an activating group) is 1. The van der Waals surface area contributed by atoms with Crippen molar-refractivity contribution < 1.29 is 18.0 Å². The van der Waals surface area contributed by atoms with Crippen molar-refractivity contribution in [2.45, 2.75) is 6.18 Å². The first-order chi connectivity index (χ1) is 15.3. The van der Waals surface area contributed by atoms with Crippen LogP contribution in [-0.4, -0.2) is 76.8 Å². The number of alkyl halides is 3. The maximum atomic E-state index is 13.2. The minimum atomic E-state index is -4.48. The van der Waals surface area contributed by atoms with E-state index in [4.69, 9.17) is 0 Å². The van der Waals surface area contributed by atoms with Crippen molar-refractivity contribution in [3.63, 3.8) is 0 Å². The van der Waals surface area contributed by atoms with Crippen molar-refractivity contribution in [3.8, 4) is 16.4 Å². The number of halogens is 3. The number of benzene rings is 1. The van der Waals surface area contributed by atoms with Crippen LogP contribution in [0.4, 0.5) is 13.2 Å². The summed E-state index contributed by atoms with van der Waals surface area (Å²) >= 11 is 1.37. The molecule has 0 bridgehead atoms. The number of rotatable bonds is 6. The van der Waals surface area contributed by atoms with Gasteiger partial charge in [-0.2, -0.15) is 13.2 Å². The second-order valence-electron chi connectivity index (χ2n) is 7.60. The second kappa shape index (κ2) is 9.39. The zero-order valence-electron chi connectivity index (χ0n) is 17.5. The Kier molecular flexibility index (Phi) is 6.58. The third-order valence-corrected chi connectivity index (χ3v) is 6.15. The lowest BCUT2D eigenvalue weighted by Crippen LogP contribution is -2.47. The van der Waals surface area contributed by atoms with Crippen LogP contribution in [0.3, 0.4) is 0 Å². The highest BCUT2D eigenvalue weighted by Crippen LogP contribution is 2.32. The molecule has 1 aliphatic rings. The highest BCUT2D eigenvalue weighted by Gasteiger charge is 2.31. The number of carbonyl (C=O) groups excluding carboxylic acids is 1. The zero-order valence-corrected chi connectivity index (χ0v) is 18.3. The van der Waals surface area contributed by atoms with Gasteiger partial charge in [0.2, 0.25) is 5.82 Å². The molecule has 3 heterocycles. The van der Waals surface area contributed by atoms with Gasteiger partial charge in [-0.25, -0.2) is 9.67 Å². The van der Waals surface area contributed by atoms with Crippen LogP contribution < -0.4 is 5.32 Å². The Hall–Kier alpha value is -2.76. The van der Waals surface area contributed by atoms with E-state index in [2.05, 4.69) is 32.2 Å². The molecule has 0 aliphatic carbocycles. The van der Waals surface area contributed by atoms with Gasteiger partial charge in [0.15, 0.2) is 5.82 Å². The molecular weight excluding hydrogens is 441 g/mol. The number of piperazine rings is 1. The molecule has 2 aromatic heterocycles. The summed E-state index contributed by atoms with van der Waals surface area (Å²) in [6.07, 6.45) is -4.48. The summed E-state index contributed by atoms with van der Waals surface area (Å²) in [6, 6.07) is 8.41. The Morgan fingerprint density at radius 3 is 2.62 bits per heavy atom. The largest absolute Gasteiger partial charge is 0.416 e. The quantitative estimate of drug-likeness (QED) is 0.608. The highest BCUT2D eigenvalue weighted by molar-refractivity contribution is 7.13. The summed E-state index contributed by atoms with van der Waals surface area (Å²) in [5, 5.41) is 8.90. The lowest BCUT2D eigenvalue weighted by Gasteiger charge is -2.32. The first kappa shape index (κ1) is 22.4. The predicted molar refractivity (Wildman–Crippen MR) is 116 cm³/mol. The predicted octanol–water partition coefficient (Wildman–Crippen LogP) is 2.99. The smallest absolute Gasteiger partial charge is 0.348 e. The van der Waals surface area contributed by atoms with Gasteiger partial charge in [0.25, 0.3) is 5.91 Å². The van der Waals surface area contributed by atoms with Crippen LogP contribution in [0.2, 0.25) is 0 Å². The molecule has 1 aromatic carbocycles. The van der Waals surface area contributed by atoms with Crippen LogP contribution >= 0.6 is 11.3 Å². The van der Waals surface area contributed by atoms with Crippen molar-refractivity contribution in [2.24, 2.45) is 0 Å². The monoisotopic (exact) mass is 464 g/mol. The Morgan fingerprint density at radius 1 is 1.16 bits per heavy atom. The number of thiophene rings is 1. The molecule has 1 fully saturated rings. The van der Waals surface area contributed by atoms with Crippen LogP contribution in [0.25, 0.3) is 16.4 Å². The number of aromatic nitrogens is 3. The topological polar surface area (TPSA) is 66.3 Å². The van der Waals surface area contributed by atoms with Crippen molar-refractivity contribution in [2.75, 3.05) is 46.3 Å². The molecule has 1 amide bonds. The van der Waals surface area contributed by atoms with Gasteiger partial charge in [-0.05, 0) is 36.7 Å². The number of amides is 1. The summed E-state index contributed by atoms with van der Waals surface area (Å²) in [7, 11) is 2.08. The molecule has 11 heteroatoms. The van der Waals surface area contributed by atoms with Crippen LogP contribution in [0.5, 0.6) is 0 Å². The molecule has 170 valence electrons. The van der Waals surface area contributed by atoms with Crippen LogP contribution in [0.15, 0.2) is 41.8 Å². The van der Waals surface area contributed by atoms with Gasteiger partial charge in [0, 0.05) is 39.3 Å². The minimum absolute atomic E-state index is 0.0795. The summed E-state index contributed by atoms with van der Waals surface area (Å²) in [6.45, 7) is 5.01. The fourth-order valence-corrected chi connectivity index (χ4v) is 4.14. The summed E-state index contributed by atoms with van der Waals surface area (Å²) in [4.78, 5) is 22.2. The average Bonchev–Trinajstić information content (AvgIpc) is 3.44. The molecule has 0 unspecified atom stereocenters. The molecule has 0 saturated carbocycles. The molecule has 32 heavy (non-hydrogen) atoms. The first-order valence-corrected chi connectivity index (χ1v) is 11.1. The number of carbonyl (C=O) groups is 1. The highest BCUT2D eigenvalue weighted by atomic mass is 32.1. The Labute approximate surface area is 187 Å². The lowest BCUT2D eigenvalue weighted by molar-refractivity contribution is -0.137. The molecule has 0 spiro atoms. The fourth-order valence-electron chi connectivity index (χ4n) is 3.45. The normalized spacial score (nSPS) is 15.8. The van der Waals surface area contributed by atoms with Gasteiger partial charge in [0.1, 0.15) is 0 Å². The van der Waals surface area contributed by atoms with Gasteiger partial charge in [-0.15, -0.1) is 16.4 Å². The second-order valence-corrected chi connectivity index (χ2v) is 8.54. The van der Waals surface area contributed by atoms with Crippen molar-refractivity contribution in [3.05, 3.63) is 53.2 Å². The number of hydrogen-bond acceptors (Lipinski definition) is 6. The number of hydrogen-bond donors (Lipinski definition) is 1. The summed E-state index contributed by atoms with van der Waals surface area (Å²) < 4.78 is 40.9. The molecule has 1 N–H and O–H groups in total. The molecule has 1 aliphatic heterocycles. The third-order valence-electron chi connectivity index (χ3n) is 5.28. The third kappa shape index (κ3) is 5.17. The maximum absolute atomic E-state index is 13.2. The van der Waals surface area contributed by atoms with E-state index in [-0.39, 0.29) is 11.5 Å². The zero-order chi connectivity index (χ0) is 22.7. The van der Waals surface area contributed by atoms with Gasteiger partial charge < -0.3 is 10.2 Å². The van der Waals surface area contributed by atoms with E-state index in [0.29, 0.717) is 23.8 Å². The van der Waals surface area contributed by atoms with E-state index in [1.54, 1.807) is 12.1 Å². The molecular formula is C21H23F3N6OS. The SMILES string of the molecule is CN1CCN(CCNC(=O)c2nc(-c3cccs3)n(-c3cccc(C(F)(F)F)c3)n2)CC1. The minimum Gasteiger partial charge on any atom is -0.348 e. The molecule has 4 rings (SSSR count). The molecule has 3 aromatic rings. The Balaban J connectivity index is 1.53. The van der Waals surface area contributed by atoms with Crippen LogP contribution in [-0.2, 0) is 6.18 Å². The van der Waals surface area contributed by atoms with Crippen molar-refractivity contribution in [1.82, 2.24) is 29.9 Å². The van der Waals surface area contributed by atoms with E-state index in [1.807, 2.05) is 5.38 Å². The molecule has 7 nitrogen and oxygen atoms in total. The molecule has 1 saturated heterocycles. The van der Waals surface area contributed by atoms with Gasteiger partial charge in [-0.3, -0.25) is 9.69 Å². The number of nitrogens with one attached hydrogen (secondary N) is 1. The van der Waals surface area contributed by atoms with Gasteiger partial charge >= 0.3 is 6.18 Å². The lowest BCUT2D eigenvalue weighted by atomic mass is 10.2. The van der Waals surface area contributed by atoms with Crippen molar-refractivity contribution >= 4 is 17.2 Å². The summed E-state index contributed by atoms with van der Waals surface area (Å²) in [5.74, 6) is -0.213. The van der Waals surface area contributed by atoms with Crippen LogP contribution in [0.1, 0.15) is 16.2 Å². The van der Waals surface area contributed by atoms with Gasteiger partial charge in [0.05, 0.1) is 16.1 Å². The first-order valence-electron chi connectivity index (χ1n) is 10.2. The van der Waals surface area contributed by atoms with E-state index in [0.717, 1.165) is 38.3 Å². The molecule has 0 atom stereocenters. The van der Waals surface area contributed by atoms with E-state index < -0.39 is 17.6 Å². The maximum Gasteiger partial charge on any atom is 0.416 e. The van der Waals surface area contributed by atoms with Crippen molar-refractivity contribution in [1.29, 1.82) is 0 Å². The standard InChI is InChI=1S/C21H23F3N6OS/c1-28-9-11-29(12-10-28)8-7-25-20(31)18-26-19(17-6-3-13-32-17)30(27-18)16-5-2-4-15(14-16)21(22,23)24/h2-6,13-14H,7-12H2,1H3,(H,25,31).